The van der Waals surface area contributed by atoms with E-state index in [9.17, 15) is 18.0 Å². The number of benzene rings is 1. The summed E-state index contributed by atoms with van der Waals surface area (Å²) in [5.41, 5.74) is 0.847. The molecule has 0 spiro atoms. The van der Waals surface area contributed by atoms with Crippen molar-refractivity contribution in [2.45, 2.75) is 24.6 Å². The van der Waals surface area contributed by atoms with Crippen LogP contribution in [0.3, 0.4) is 0 Å². The van der Waals surface area contributed by atoms with Gasteiger partial charge in [-0.1, -0.05) is 30.3 Å². The van der Waals surface area contributed by atoms with Crippen molar-refractivity contribution >= 4 is 5.78 Å². The molecule has 1 unspecified atom stereocenters. The van der Waals surface area contributed by atoms with Crippen molar-refractivity contribution in [2.75, 3.05) is 0 Å². The number of rotatable bonds is 3. The number of aliphatic hydroxyl groups excluding tert-OH is 1. The molecule has 0 amide bonds. The van der Waals surface area contributed by atoms with E-state index in [4.69, 9.17) is 5.11 Å². The Labute approximate surface area is 96.1 Å². The highest BCUT2D eigenvalue weighted by Gasteiger charge is 2.53. The number of aliphatic hydroxyl groups is 1. The third-order valence-electron chi connectivity index (χ3n) is 2.96. The minimum absolute atomic E-state index is 0.180. The molecule has 92 valence electrons. The lowest BCUT2D eigenvalue weighted by Gasteiger charge is -2.12. The van der Waals surface area contributed by atoms with Crippen molar-refractivity contribution < 1.29 is 23.1 Å². The minimum atomic E-state index is -4.86. The molecule has 0 heterocycles. The molecule has 0 aliphatic heterocycles. The summed E-state index contributed by atoms with van der Waals surface area (Å²) in [6.07, 6.45) is -7.32. The summed E-state index contributed by atoms with van der Waals surface area (Å²) in [4.78, 5) is 11.4. The zero-order valence-corrected chi connectivity index (χ0v) is 8.82. The van der Waals surface area contributed by atoms with Crippen LogP contribution >= 0.6 is 0 Å². The monoisotopic (exact) mass is 244 g/mol. The molecule has 0 radical (unpaired) electrons. The third-order valence-corrected chi connectivity index (χ3v) is 2.96. The fourth-order valence-electron chi connectivity index (χ4n) is 1.94. The highest BCUT2D eigenvalue weighted by Crippen LogP contribution is 2.49. The topological polar surface area (TPSA) is 37.3 Å². The maximum absolute atomic E-state index is 12.1. The van der Waals surface area contributed by atoms with E-state index in [0.717, 1.165) is 5.56 Å². The highest BCUT2D eigenvalue weighted by molar-refractivity contribution is 5.89. The molecule has 0 aromatic heterocycles. The van der Waals surface area contributed by atoms with Crippen molar-refractivity contribution in [3.8, 4) is 0 Å². The van der Waals surface area contributed by atoms with Crippen LogP contribution in [0.15, 0.2) is 30.3 Å². The van der Waals surface area contributed by atoms with Gasteiger partial charge in [-0.15, -0.1) is 0 Å². The molecule has 0 bridgehead atoms. The fourth-order valence-corrected chi connectivity index (χ4v) is 1.94. The van der Waals surface area contributed by atoms with Gasteiger partial charge >= 0.3 is 6.18 Å². The Morgan fingerprint density at radius 2 is 1.88 bits per heavy atom. The second-order valence-electron chi connectivity index (χ2n) is 4.21. The van der Waals surface area contributed by atoms with Crippen LogP contribution in [0, 0.1) is 5.92 Å². The standard InChI is InChI=1S/C12H11F3O2/c13-12(14,15)11(17)10(16)9-6-8(9)7-4-2-1-3-5-7/h1-5,8-9,11,17H,6H2/t8-,9+,11?/m0/s1. The average Bonchev–Trinajstić information content (AvgIpc) is 3.07. The Morgan fingerprint density at radius 1 is 1.29 bits per heavy atom. The van der Waals surface area contributed by atoms with Crippen LogP contribution in [0.1, 0.15) is 17.9 Å². The molecular weight excluding hydrogens is 233 g/mol. The smallest absolute Gasteiger partial charge is 0.377 e. The maximum Gasteiger partial charge on any atom is 0.421 e. The van der Waals surface area contributed by atoms with Crippen LogP contribution in [0.2, 0.25) is 0 Å². The minimum Gasteiger partial charge on any atom is -0.377 e. The molecule has 1 N–H and O–H groups in total. The lowest BCUT2D eigenvalue weighted by Crippen LogP contribution is -2.37. The third kappa shape index (κ3) is 2.49. The van der Waals surface area contributed by atoms with Gasteiger partial charge in [0.25, 0.3) is 0 Å². The Balaban J connectivity index is 2.02. The molecule has 2 nitrogen and oxygen atoms in total. The van der Waals surface area contributed by atoms with E-state index in [1.807, 2.05) is 0 Å². The van der Waals surface area contributed by atoms with E-state index in [2.05, 4.69) is 0 Å². The van der Waals surface area contributed by atoms with Gasteiger partial charge in [0.05, 0.1) is 0 Å². The maximum atomic E-state index is 12.1. The van der Waals surface area contributed by atoms with Gasteiger partial charge in [0.2, 0.25) is 6.10 Å². The highest BCUT2D eigenvalue weighted by atomic mass is 19.4. The molecule has 17 heavy (non-hydrogen) atoms. The van der Waals surface area contributed by atoms with Gasteiger partial charge in [0.1, 0.15) is 0 Å². The zero-order valence-electron chi connectivity index (χ0n) is 8.82. The average molecular weight is 244 g/mol. The first kappa shape index (κ1) is 12.1. The van der Waals surface area contributed by atoms with Gasteiger partial charge in [-0.25, -0.2) is 0 Å². The van der Waals surface area contributed by atoms with Gasteiger partial charge in [-0.2, -0.15) is 13.2 Å². The predicted molar refractivity (Wildman–Crippen MR) is 54.4 cm³/mol. The number of hydrogen-bond acceptors (Lipinski definition) is 2. The van der Waals surface area contributed by atoms with Crippen LogP contribution in [0.4, 0.5) is 13.2 Å². The zero-order chi connectivity index (χ0) is 12.6. The second kappa shape index (κ2) is 4.14. The molecule has 1 fully saturated rings. The van der Waals surface area contributed by atoms with Gasteiger partial charge in [-0.3, -0.25) is 4.79 Å². The molecular formula is C12H11F3O2. The molecule has 1 saturated carbocycles. The lowest BCUT2D eigenvalue weighted by atomic mass is 10.0. The molecule has 1 aromatic carbocycles. The van der Waals surface area contributed by atoms with Gasteiger partial charge in [-0.05, 0) is 17.9 Å². The number of halogens is 3. The van der Waals surface area contributed by atoms with Crippen molar-refractivity contribution in [3.05, 3.63) is 35.9 Å². The number of carbonyl (C=O) groups excluding carboxylic acids is 1. The Hall–Kier alpha value is -1.36. The normalized spacial score (nSPS) is 25.4. The molecule has 5 heteroatoms. The fraction of sp³-hybridized carbons (Fsp3) is 0.417. The van der Waals surface area contributed by atoms with Crippen molar-refractivity contribution in [1.29, 1.82) is 0 Å². The van der Waals surface area contributed by atoms with E-state index in [1.54, 1.807) is 30.3 Å². The largest absolute Gasteiger partial charge is 0.421 e. The summed E-state index contributed by atoms with van der Waals surface area (Å²) in [7, 11) is 0. The summed E-state index contributed by atoms with van der Waals surface area (Å²) in [6, 6.07) is 8.90. The second-order valence-corrected chi connectivity index (χ2v) is 4.21. The van der Waals surface area contributed by atoms with E-state index in [-0.39, 0.29) is 5.92 Å². The number of alkyl halides is 3. The molecule has 1 aromatic rings. The van der Waals surface area contributed by atoms with Crippen LogP contribution in [-0.4, -0.2) is 23.2 Å². The summed E-state index contributed by atoms with van der Waals surface area (Å²) < 4.78 is 36.4. The summed E-state index contributed by atoms with van der Waals surface area (Å²) in [5, 5.41) is 8.85. The molecule has 2 rings (SSSR count). The predicted octanol–water partition coefficient (Wildman–Crippen LogP) is 2.28. The van der Waals surface area contributed by atoms with Gasteiger partial charge in [0.15, 0.2) is 5.78 Å². The molecule has 0 saturated heterocycles. The van der Waals surface area contributed by atoms with E-state index in [0.29, 0.717) is 6.42 Å². The number of hydrogen-bond donors (Lipinski definition) is 1. The van der Waals surface area contributed by atoms with Gasteiger partial charge < -0.3 is 5.11 Å². The summed E-state index contributed by atoms with van der Waals surface area (Å²) in [5.74, 6) is -2.00. The van der Waals surface area contributed by atoms with Crippen molar-refractivity contribution in [1.82, 2.24) is 0 Å². The molecule has 3 atom stereocenters. The summed E-state index contributed by atoms with van der Waals surface area (Å²) in [6.45, 7) is 0. The van der Waals surface area contributed by atoms with Crippen LogP contribution in [0.25, 0.3) is 0 Å². The quantitative estimate of drug-likeness (QED) is 0.885. The Bertz CT molecular complexity index is 414. The number of carbonyl (C=O) groups is 1. The van der Waals surface area contributed by atoms with E-state index < -0.39 is 24.0 Å². The lowest BCUT2D eigenvalue weighted by molar-refractivity contribution is -0.204. The van der Waals surface area contributed by atoms with Crippen molar-refractivity contribution in [2.24, 2.45) is 5.92 Å². The Kier molecular flexibility index (Phi) is 2.95. The first-order valence-corrected chi connectivity index (χ1v) is 5.24. The SMILES string of the molecule is O=C(C(O)C(F)(F)F)[C@@H]1C[C@H]1c1ccccc1. The van der Waals surface area contributed by atoms with E-state index in [1.165, 1.54) is 0 Å². The first-order valence-electron chi connectivity index (χ1n) is 5.24. The van der Waals surface area contributed by atoms with E-state index >= 15 is 0 Å². The van der Waals surface area contributed by atoms with Crippen LogP contribution < -0.4 is 0 Å². The molecule has 1 aliphatic carbocycles. The Morgan fingerprint density at radius 3 is 2.41 bits per heavy atom. The van der Waals surface area contributed by atoms with Gasteiger partial charge in [0, 0.05) is 5.92 Å². The van der Waals surface area contributed by atoms with Crippen LogP contribution in [0.5, 0.6) is 0 Å². The van der Waals surface area contributed by atoms with Crippen LogP contribution in [-0.2, 0) is 4.79 Å². The summed E-state index contributed by atoms with van der Waals surface area (Å²) >= 11 is 0. The van der Waals surface area contributed by atoms with Crippen molar-refractivity contribution in [3.63, 3.8) is 0 Å². The first-order chi connectivity index (χ1) is 7.91. The number of ketones is 1. The molecule has 1 aliphatic rings. The number of Topliss-reactive ketones (excluding diaryl/α,β-unsaturated/α-hetero) is 1.